The first-order valence-electron chi connectivity index (χ1n) is 10.7. The van der Waals surface area contributed by atoms with Gasteiger partial charge in [-0.1, -0.05) is 12.1 Å². The fraction of sp³-hybridized carbons (Fsp3) is 0.565. The van der Waals surface area contributed by atoms with Crippen molar-refractivity contribution >= 4 is 11.7 Å². The van der Waals surface area contributed by atoms with Gasteiger partial charge in [0.05, 0.1) is 24.1 Å². The molecular weight excluding hydrogens is 387 g/mol. The minimum atomic E-state index is -0.998. The molecule has 6 nitrogen and oxygen atoms in total. The molecule has 1 saturated carbocycles. The monoisotopic (exact) mass is 416 g/mol. The van der Waals surface area contributed by atoms with Crippen LogP contribution < -0.4 is 4.74 Å². The van der Waals surface area contributed by atoms with E-state index in [4.69, 9.17) is 9.47 Å². The number of halogens is 1. The summed E-state index contributed by atoms with van der Waals surface area (Å²) in [5, 5.41) is 0. The molecule has 1 aliphatic carbocycles. The number of rotatable bonds is 6. The number of carbonyl (C=O) groups excluding carboxylic acids is 2. The van der Waals surface area contributed by atoms with Gasteiger partial charge < -0.3 is 19.3 Å². The van der Waals surface area contributed by atoms with Crippen LogP contribution in [0.15, 0.2) is 35.6 Å². The topological polar surface area (TPSA) is 59.1 Å². The second-order valence-electron chi connectivity index (χ2n) is 8.49. The van der Waals surface area contributed by atoms with E-state index in [0.29, 0.717) is 43.9 Å². The Labute approximate surface area is 176 Å². The van der Waals surface area contributed by atoms with Crippen LogP contribution in [0.3, 0.4) is 0 Å². The summed E-state index contributed by atoms with van der Waals surface area (Å²) < 4.78 is 25.8. The number of amides is 1. The summed E-state index contributed by atoms with van der Waals surface area (Å²) in [4.78, 5) is 30.5. The SMILES string of the molecule is CCOc1cccc(C2C3=C(OC4CCC(F)CC4C3=O)C(=O)N2CCN(C)C)c1. The minimum absolute atomic E-state index is 0.142. The molecule has 1 aromatic rings. The first-order chi connectivity index (χ1) is 14.4. The van der Waals surface area contributed by atoms with Gasteiger partial charge in [-0.25, -0.2) is 4.39 Å². The third-order valence-corrected chi connectivity index (χ3v) is 6.15. The second-order valence-corrected chi connectivity index (χ2v) is 8.49. The summed E-state index contributed by atoms with van der Waals surface area (Å²) in [5.41, 5.74) is 1.18. The highest BCUT2D eigenvalue weighted by atomic mass is 19.1. The highest BCUT2D eigenvalue weighted by Gasteiger charge is 2.52. The molecule has 4 unspecified atom stereocenters. The van der Waals surface area contributed by atoms with Gasteiger partial charge in [0.15, 0.2) is 11.5 Å². The molecule has 1 aromatic carbocycles. The maximum absolute atomic E-state index is 14.1. The summed E-state index contributed by atoms with van der Waals surface area (Å²) in [6.45, 7) is 3.54. The molecule has 30 heavy (non-hydrogen) atoms. The maximum Gasteiger partial charge on any atom is 0.290 e. The predicted molar refractivity (Wildman–Crippen MR) is 110 cm³/mol. The van der Waals surface area contributed by atoms with E-state index in [-0.39, 0.29) is 23.9 Å². The van der Waals surface area contributed by atoms with Crippen LogP contribution in [0.25, 0.3) is 0 Å². The molecule has 162 valence electrons. The van der Waals surface area contributed by atoms with Crippen molar-refractivity contribution in [3.63, 3.8) is 0 Å². The lowest BCUT2D eigenvalue weighted by Gasteiger charge is -2.36. The lowest BCUT2D eigenvalue weighted by Crippen LogP contribution is -2.42. The van der Waals surface area contributed by atoms with Crippen LogP contribution in [0.1, 0.15) is 37.8 Å². The van der Waals surface area contributed by atoms with Gasteiger partial charge in [-0.3, -0.25) is 9.59 Å². The van der Waals surface area contributed by atoms with Crippen molar-refractivity contribution in [3.8, 4) is 5.75 Å². The summed E-state index contributed by atoms with van der Waals surface area (Å²) >= 11 is 0. The van der Waals surface area contributed by atoms with Crippen LogP contribution in [0, 0.1) is 5.92 Å². The number of hydrogen-bond acceptors (Lipinski definition) is 5. The van der Waals surface area contributed by atoms with E-state index in [2.05, 4.69) is 0 Å². The van der Waals surface area contributed by atoms with Crippen LogP contribution in [-0.4, -0.2) is 67.6 Å². The van der Waals surface area contributed by atoms with Crippen molar-refractivity contribution in [2.45, 2.75) is 44.5 Å². The van der Waals surface area contributed by atoms with Gasteiger partial charge in [-0.2, -0.15) is 0 Å². The molecule has 1 fully saturated rings. The van der Waals surface area contributed by atoms with Crippen molar-refractivity contribution < 1.29 is 23.5 Å². The Hall–Kier alpha value is -2.41. The number of ketones is 1. The molecule has 2 heterocycles. The van der Waals surface area contributed by atoms with E-state index in [1.165, 1.54) is 0 Å². The smallest absolute Gasteiger partial charge is 0.290 e. The first kappa shape index (κ1) is 20.8. The number of nitrogens with zero attached hydrogens (tertiary/aromatic N) is 2. The van der Waals surface area contributed by atoms with Crippen LogP contribution in [-0.2, 0) is 14.3 Å². The quantitative estimate of drug-likeness (QED) is 0.714. The van der Waals surface area contributed by atoms with Crippen LogP contribution in [0.4, 0.5) is 4.39 Å². The minimum Gasteiger partial charge on any atom is -0.494 e. The van der Waals surface area contributed by atoms with E-state index in [0.717, 1.165) is 5.56 Å². The Balaban J connectivity index is 1.75. The molecule has 0 spiro atoms. The maximum atomic E-state index is 14.1. The van der Waals surface area contributed by atoms with Crippen molar-refractivity contribution in [3.05, 3.63) is 41.2 Å². The van der Waals surface area contributed by atoms with Crippen LogP contribution >= 0.6 is 0 Å². The molecule has 2 aliphatic heterocycles. The van der Waals surface area contributed by atoms with Crippen LogP contribution in [0.5, 0.6) is 5.75 Å². The highest BCUT2D eigenvalue weighted by Crippen LogP contribution is 2.47. The third-order valence-electron chi connectivity index (χ3n) is 6.15. The van der Waals surface area contributed by atoms with E-state index >= 15 is 0 Å². The average molecular weight is 416 g/mol. The third kappa shape index (κ3) is 3.71. The molecule has 4 atom stereocenters. The number of benzene rings is 1. The normalized spacial score (nSPS) is 28.5. The van der Waals surface area contributed by atoms with Gasteiger partial charge >= 0.3 is 0 Å². The highest BCUT2D eigenvalue weighted by molar-refractivity contribution is 6.11. The average Bonchev–Trinajstić information content (AvgIpc) is 3.00. The number of alkyl halides is 1. The van der Waals surface area contributed by atoms with E-state index in [9.17, 15) is 14.0 Å². The standard InChI is InChI=1S/C23H29FN2O4/c1-4-29-16-7-5-6-14(12-16)20-19-21(27)17-13-15(24)8-9-18(17)30-22(19)23(28)26(20)11-10-25(2)3/h5-7,12,15,17-18,20H,4,8-11,13H2,1-3H3. The van der Waals surface area contributed by atoms with Crippen molar-refractivity contribution in [2.24, 2.45) is 5.92 Å². The molecule has 0 saturated heterocycles. The molecule has 0 bridgehead atoms. The summed E-state index contributed by atoms with van der Waals surface area (Å²) in [6.07, 6.45) is -0.407. The molecular formula is C23H29FN2O4. The zero-order chi connectivity index (χ0) is 21.4. The molecule has 0 N–H and O–H groups in total. The fourth-order valence-electron chi connectivity index (χ4n) is 4.69. The Kier molecular flexibility index (Phi) is 5.82. The zero-order valence-corrected chi connectivity index (χ0v) is 17.8. The zero-order valence-electron chi connectivity index (χ0n) is 17.8. The van der Waals surface area contributed by atoms with E-state index in [1.54, 1.807) is 4.90 Å². The number of Topliss-reactive ketones (excluding diaryl/α,β-unsaturated/α-hetero) is 1. The Morgan fingerprint density at radius 2 is 2.07 bits per heavy atom. The van der Waals surface area contributed by atoms with Gasteiger partial charge in [-0.15, -0.1) is 0 Å². The molecule has 4 rings (SSSR count). The summed E-state index contributed by atoms with van der Waals surface area (Å²) in [7, 11) is 3.88. The molecule has 1 amide bonds. The first-order valence-corrected chi connectivity index (χ1v) is 10.7. The predicted octanol–water partition coefficient (Wildman–Crippen LogP) is 2.89. The van der Waals surface area contributed by atoms with Gasteiger partial charge in [0.2, 0.25) is 0 Å². The van der Waals surface area contributed by atoms with Crippen LogP contribution in [0.2, 0.25) is 0 Å². The second kappa shape index (κ2) is 8.38. The van der Waals surface area contributed by atoms with Gasteiger partial charge in [0.1, 0.15) is 18.0 Å². The van der Waals surface area contributed by atoms with Crippen molar-refractivity contribution in [1.29, 1.82) is 0 Å². The lowest BCUT2D eigenvalue weighted by molar-refractivity contribution is -0.136. The van der Waals surface area contributed by atoms with Crippen molar-refractivity contribution in [1.82, 2.24) is 9.80 Å². The van der Waals surface area contributed by atoms with E-state index < -0.39 is 24.2 Å². The Morgan fingerprint density at radius 3 is 2.80 bits per heavy atom. The number of hydrogen-bond donors (Lipinski definition) is 0. The van der Waals surface area contributed by atoms with Gasteiger partial charge in [-0.05, 0) is 58.0 Å². The van der Waals surface area contributed by atoms with Crippen molar-refractivity contribution in [2.75, 3.05) is 33.8 Å². The largest absolute Gasteiger partial charge is 0.494 e. The van der Waals surface area contributed by atoms with E-state index in [1.807, 2.05) is 50.2 Å². The van der Waals surface area contributed by atoms with Gasteiger partial charge in [0.25, 0.3) is 5.91 Å². The molecule has 7 heteroatoms. The summed E-state index contributed by atoms with van der Waals surface area (Å²) in [5.74, 6) is -0.0765. The molecule has 3 aliphatic rings. The Morgan fingerprint density at radius 1 is 1.27 bits per heavy atom. The Bertz CT molecular complexity index is 869. The summed E-state index contributed by atoms with van der Waals surface area (Å²) in [6, 6.07) is 6.95. The molecule has 0 radical (unpaired) electrons. The number of fused-ring (bicyclic) bond motifs is 1. The van der Waals surface area contributed by atoms with Gasteiger partial charge in [0, 0.05) is 13.1 Å². The lowest BCUT2D eigenvalue weighted by atomic mass is 9.77. The fourth-order valence-corrected chi connectivity index (χ4v) is 4.69. The molecule has 0 aromatic heterocycles. The number of likely N-dealkylation sites (N-methyl/N-ethyl adjacent to an activating group) is 1. The number of ether oxygens (including phenoxy) is 2. The number of carbonyl (C=O) groups is 2.